The SMILES string of the molecule is Cc1ccc(C(C)NCc2cnc(C)s2)c(O)c1. The standard InChI is InChI=1S/C14H18N2OS/c1-9-4-5-13(14(17)6-9)10(2)15-7-12-8-16-11(3)18-12/h4-6,8,10,15,17H,7H2,1-3H3. The summed E-state index contributed by atoms with van der Waals surface area (Å²) >= 11 is 1.70. The average molecular weight is 262 g/mol. The molecule has 0 fully saturated rings. The number of phenolic OH excluding ortho intramolecular Hbond substituents is 1. The van der Waals surface area contributed by atoms with Gasteiger partial charge in [0, 0.05) is 29.2 Å². The van der Waals surface area contributed by atoms with Crippen LogP contribution in [0.5, 0.6) is 5.75 Å². The van der Waals surface area contributed by atoms with Gasteiger partial charge in [0.2, 0.25) is 0 Å². The van der Waals surface area contributed by atoms with E-state index in [4.69, 9.17) is 0 Å². The lowest BCUT2D eigenvalue weighted by atomic mass is 10.1. The van der Waals surface area contributed by atoms with Crippen molar-refractivity contribution in [3.05, 3.63) is 45.4 Å². The number of aromatic nitrogens is 1. The Morgan fingerprint density at radius 1 is 1.39 bits per heavy atom. The Bertz CT molecular complexity index is 536. The predicted molar refractivity (Wildman–Crippen MR) is 74.9 cm³/mol. The number of aromatic hydroxyl groups is 1. The molecule has 0 saturated heterocycles. The Morgan fingerprint density at radius 2 is 2.17 bits per heavy atom. The normalized spacial score (nSPS) is 12.6. The Kier molecular flexibility index (Phi) is 3.99. The largest absolute Gasteiger partial charge is 0.508 e. The summed E-state index contributed by atoms with van der Waals surface area (Å²) in [7, 11) is 0. The fraction of sp³-hybridized carbons (Fsp3) is 0.357. The van der Waals surface area contributed by atoms with Crippen LogP contribution in [-0.2, 0) is 6.54 Å². The zero-order valence-electron chi connectivity index (χ0n) is 10.9. The van der Waals surface area contributed by atoms with E-state index < -0.39 is 0 Å². The molecule has 2 rings (SSSR count). The van der Waals surface area contributed by atoms with Crippen LogP contribution in [0.1, 0.15) is 34.0 Å². The van der Waals surface area contributed by atoms with Crippen molar-refractivity contribution in [3.8, 4) is 5.75 Å². The van der Waals surface area contributed by atoms with E-state index in [1.165, 1.54) is 4.88 Å². The summed E-state index contributed by atoms with van der Waals surface area (Å²) in [5.41, 5.74) is 2.00. The first-order valence-electron chi connectivity index (χ1n) is 6.00. The predicted octanol–water partition coefficient (Wildman–Crippen LogP) is 3.32. The molecule has 0 aliphatic heterocycles. The molecule has 0 amide bonds. The highest BCUT2D eigenvalue weighted by Gasteiger charge is 2.10. The van der Waals surface area contributed by atoms with E-state index in [1.54, 1.807) is 17.4 Å². The number of nitrogens with zero attached hydrogens (tertiary/aromatic N) is 1. The summed E-state index contributed by atoms with van der Waals surface area (Å²) in [6.07, 6.45) is 1.90. The molecule has 1 atom stereocenters. The molecule has 0 bridgehead atoms. The number of nitrogens with one attached hydrogen (secondary N) is 1. The quantitative estimate of drug-likeness (QED) is 0.888. The van der Waals surface area contributed by atoms with Crippen LogP contribution in [0.15, 0.2) is 24.4 Å². The van der Waals surface area contributed by atoms with Gasteiger partial charge in [-0.1, -0.05) is 12.1 Å². The molecule has 0 radical (unpaired) electrons. The number of hydrogen-bond acceptors (Lipinski definition) is 4. The van der Waals surface area contributed by atoms with Crippen molar-refractivity contribution in [1.29, 1.82) is 0 Å². The van der Waals surface area contributed by atoms with Crippen LogP contribution in [0.2, 0.25) is 0 Å². The van der Waals surface area contributed by atoms with Gasteiger partial charge in [-0.2, -0.15) is 0 Å². The molecule has 0 aliphatic rings. The second-order valence-corrected chi connectivity index (χ2v) is 5.83. The molecule has 0 spiro atoms. The Balaban J connectivity index is 2.01. The maximum absolute atomic E-state index is 9.91. The molecule has 1 unspecified atom stereocenters. The summed E-state index contributed by atoms with van der Waals surface area (Å²) in [5.74, 6) is 0.357. The average Bonchev–Trinajstić information content (AvgIpc) is 2.72. The number of hydrogen-bond donors (Lipinski definition) is 2. The minimum absolute atomic E-state index is 0.119. The summed E-state index contributed by atoms with van der Waals surface area (Å²) < 4.78 is 0. The van der Waals surface area contributed by atoms with Gasteiger partial charge >= 0.3 is 0 Å². The highest BCUT2D eigenvalue weighted by atomic mass is 32.1. The first kappa shape index (κ1) is 13.1. The highest BCUT2D eigenvalue weighted by molar-refractivity contribution is 7.11. The van der Waals surface area contributed by atoms with Crippen LogP contribution >= 0.6 is 11.3 Å². The Labute approximate surface area is 112 Å². The molecule has 18 heavy (non-hydrogen) atoms. The van der Waals surface area contributed by atoms with Gasteiger partial charge < -0.3 is 10.4 Å². The number of rotatable bonds is 4. The lowest BCUT2D eigenvalue weighted by Crippen LogP contribution is -2.17. The molecule has 2 aromatic rings. The van der Waals surface area contributed by atoms with E-state index in [0.29, 0.717) is 5.75 Å². The molecular formula is C14H18N2OS. The zero-order chi connectivity index (χ0) is 13.1. The molecule has 1 aromatic carbocycles. The van der Waals surface area contributed by atoms with E-state index in [9.17, 15) is 5.11 Å². The third-order valence-electron chi connectivity index (χ3n) is 2.90. The van der Waals surface area contributed by atoms with Gasteiger partial charge in [-0.25, -0.2) is 4.98 Å². The molecule has 4 heteroatoms. The summed E-state index contributed by atoms with van der Waals surface area (Å²) in [5, 5.41) is 14.4. The lowest BCUT2D eigenvalue weighted by molar-refractivity contribution is 0.452. The van der Waals surface area contributed by atoms with Crippen molar-refractivity contribution >= 4 is 11.3 Å². The van der Waals surface area contributed by atoms with E-state index in [1.807, 2.05) is 32.2 Å². The fourth-order valence-corrected chi connectivity index (χ4v) is 2.62. The molecule has 1 heterocycles. The second-order valence-electron chi connectivity index (χ2n) is 4.51. The van der Waals surface area contributed by atoms with Gasteiger partial charge in [0.1, 0.15) is 5.75 Å². The second kappa shape index (κ2) is 5.50. The Morgan fingerprint density at radius 3 is 2.78 bits per heavy atom. The van der Waals surface area contributed by atoms with Gasteiger partial charge in [-0.15, -0.1) is 11.3 Å². The van der Waals surface area contributed by atoms with Crippen molar-refractivity contribution in [2.24, 2.45) is 0 Å². The Hall–Kier alpha value is -1.39. The highest BCUT2D eigenvalue weighted by Crippen LogP contribution is 2.25. The number of benzene rings is 1. The monoisotopic (exact) mass is 262 g/mol. The molecular weight excluding hydrogens is 244 g/mol. The number of aryl methyl sites for hydroxylation is 2. The first-order chi connectivity index (χ1) is 8.56. The molecule has 3 nitrogen and oxygen atoms in total. The zero-order valence-corrected chi connectivity index (χ0v) is 11.7. The minimum atomic E-state index is 0.119. The topological polar surface area (TPSA) is 45.2 Å². The smallest absolute Gasteiger partial charge is 0.120 e. The van der Waals surface area contributed by atoms with Gasteiger partial charge in [-0.05, 0) is 32.4 Å². The summed E-state index contributed by atoms with van der Waals surface area (Å²) in [6, 6.07) is 5.90. The number of phenols is 1. The number of thiazole rings is 1. The lowest BCUT2D eigenvalue weighted by Gasteiger charge is -2.15. The minimum Gasteiger partial charge on any atom is -0.508 e. The van der Waals surface area contributed by atoms with Gasteiger partial charge in [0.15, 0.2) is 0 Å². The fourth-order valence-electron chi connectivity index (χ4n) is 1.87. The van der Waals surface area contributed by atoms with Crippen LogP contribution in [0.3, 0.4) is 0 Å². The third kappa shape index (κ3) is 3.09. The van der Waals surface area contributed by atoms with E-state index >= 15 is 0 Å². The molecule has 0 saturated carbocycles. The van der Waals surface area contributed by atoms with Crippen molar-refractivity contribution in [3.63, 3.8) is 0 Å². The van der Waals surface area contributed by atoms with Crippen LogP contribution in [0, 0.1) is 13.8 Å². The van der Waals surface area contributed by atoms with Crippen molar-refractivity contribution in [2.75, 3.05) is 0 Å². The maximum atomic E-state index is 9.91. The van der Waals surface area contributed by atoms with Crippen LogP contribution < -0.4 is 5.32 Å². The molecule has 0 aliphatic carbocycles. The van der Waals surface area contributed by atoms with Crippen molar-refractivity contribution in [1.82, 2.24) is 10.3 Å². The molecule has 2 N–H and O–H groups in total. The van der Waals surface area contributed by atoms with E-state index in [-0.39, 0.29) is 6.04 Å². The molecule has 96 valence electrons. The van der Waals surface area contributed by atoms with Gasteiger partial charge in [-0.3, -0.25) is 0 Å². The van der Waals surface area contributed by atoms with Crippen LogP contribution in [0.4, 0.5) is 0 Å². The van der Waals surface area contributed by atoms with Gasteiger partial charge in [0.05, 0.1) is 5.01 Å². The van der Waals surface area contributed by atoms with E-state index in [0.717, 1.165) is 22.7 Å². The molecule has 1 aromatic heterocycles. The maximum Gasteiger partial charge on any atom is 0.120 e. The van der Waals surface area contributed by atoms with Crippen molar-refractivity contribution in [2.45, 2.75) is 33.4 Å². The van der Waals surface area contributed by atoms with E-state index in [2.05, 4.69) is 17.2 Å². The first-order valence-corrected chi connectivity index (χ1v) is 6.82. The van der Waals surface area contributed by atoms with Gasteiger partial charge in [0.25, 0.3) is 0 Å². The van der Waals surface area contributed by atoms with Crippen LogP contribution in [-0.4, -0.2) is 10.1 Å². The summed E-state index contributed by atoms with van der Waals surface area (Å²) in [4.78, 5) is 5.44. The van der Waals surface area contributed by atoms with Crippen molar-refractivity contribution < 1.29 is 5.11 Å². The third-order valence-corrected chi connectivity index (χ3v) is 3.82. The summed E-state index contributed by atoms with van der Waals surface area (Å²) in [6.45, 7) is 6.81. The van der Waals surface area contributed by atoms with Crippen LogP contribution in [0.25, 0.3) is 0 Å².